The van der Waals surface area contributed by atoms with Crippen molar-refractivity contribution in [1.82, 2.24) is 0 Å². The minimum atomic E-state index is -2.64. The van der Waals surface area contributed by atoms with Gasteiger partial charge in [-0.15, -0.1) is 0 Å². The lowest BCUT2D eigenvalue weighted by molar-refractivity contribution is 0.240. The maximum absolute atomic E-state index is 12.7. The molecule has 0 aliphatic heterocycles. The Kier molecular flexibility index (Phi) is 2.97. The number of phenolic OH excluding ortho intramolecular Hbond substituents is 1. The van der Waals surface area contributed by atoms with Crippen LogP contribution in [0.4, 0.5) is 13.2 Å². The molecule has 1 N–H and O–H groups in total. The Hall–Kier alpha value is -2.44. The van der Waals surface area contributed by atoms with E-state index in [9.17, 15) is 23.1 Å². The fraction of sp³-hybridized carbons (Fsp3) is 0. The Morgan fingerprint density at radius 1 is 1.17 bits per heavy atom. The number of benzene rings is 1. The molecule has 0 aliphatic rings. The molecule has 94 valence electrons. The van der Waals surface area contributed by atoms with Crippen LogP contribution in [0.2, 0.25) is 0 Å². The zero-order valence-electron chi connectivity index (χ0n) is 8.62. The van der Waals surface area contributed by atoms with E-state index in [1.807, 2.05) is 0 Å². The lowest BCUT2D eigenvalue weighted by Gasteiger charge is -2.05. The molecule has 0 radical (unpaired) electrons. The quantitative estimate of drug-likeness (QED) is 0.664. The molecule has 0 saturated heterocycles. The summed E-state index contributed by atoms with van der Waals surface area (Å²) in [5.74, 6) is -0.697. The van der Waals surface area contributed by atoms with Crippen molar-refractivity contribution >= 4 is 11.0 Å². The smallest absolute Gasteiger partial charge is 0.344 e. The number of ether oxygens (including phenoxy) is 1. The van der Waals surface area contributed by atoms with Gasteiger partial charge in [-0.1, -0.05) is 0 Å². The van der Waals surface area contributed by atoms with Crippen molar-refractivity contribution in [3.63, 3.8) is 0 Å². The first kappa shape index (κ1) is 12.0. The van der Waals surface area contributed by atoms with Gasteiger partial charge in [0.25, 0.3) is 0 Å². The van der Waals surface area contributed by atoms with Crippen molar-refractivity contribution in [3.8, 4) is 11.5 Å². The lowest BCUT2D eigenvalue weighted by Crippen LogP contribution is -1.97. The van der Waals surface area contributed by atoms with Crippen LogP contribution in [0.1, 0.15) is 0 Å². The zero-order valence-corrected chi connectivity index (χ0v) is 8.62. The average molecular weight is 258 g/mol. The summed E-state index contributed by atoms with van der Waals surface area (Å²) in [6.07, 6.45) is -2.64. The second-order valence-electron chi connectivity index (χ2n) is 3.22. The summed E-state index contributed by atoms with van der Waals surface area (Å²) in [5.41, 5.74) is -1.11. The Balaban J connectivity index is 2.65. The van der Waals surface area contributed by atoms with Gasteiger partial charge in [0.15, 0.2) is 11.3 Å². The van der Waals surface area contributed by atoms with Crippen LogP contribution < -0.4 is 10.4 Å². The highest BCUT2D eigenvalue weighted by molar-refractivity contribution is 5.87. The fourth-order valence-corrected chi connectivity index (χ4v) is 1.34. The van der Waals surface area contributed by atoms with Crippen molar-refractivity contribution in [2.75, 3.05) is 0 Å². The largest absolute Gasteiger partial charge is 0.507 e. The number of hydrogen-bond donors (Lipinski definition) is 1. The van der Waals surface area contributed by atoms with E-state index in [4.69, 9.17) is 0 Å². The molecule has 2 rings (SSSR count). The van der Waals surface area contributed by atoms with Gasteiger partial charge in [0.2, 0.25) is 0 Å². The molecular formula is C11H5F3O4. The van der Waals surface area contributed by atoms with Crippen molar-refractivity contribution in [2.45, 2.75) is 0 Å². The lowest BCUT2D eigenvalue weighted by atomic mass is 10.2. The van der Waals surface area contributed by atoms with E-state index < -0.39 is 23.5 Å². The van der Waals surface area contributed by atoms with Gasteiger partial charge in [-0.25, -0.2) is 4.79 Å². The summed E-state index contributed by atoms with van der Waals surface area (Å²) in [4.78, 5) is 11.0. The monoisotopic (exact) mass is 258 g/mol. The minimum absolute atomic E-state index is 0.0409. The highest BCUT2D eigenvalue weighted by Crippen LogP contribution is 2.32. The van der Waals surface area contributed by atoms with Crippen LogP contribution in [0, 0.1) is 0 Å². The molecule has 18 heavy (non-hydrogen) atoms. The summed E-state index contributed by atoms with van der Waals surface area (Å²) in [6, 6.07) is 2.22. The number of phenols is 1. The average Bonchev–Trinajstić information content (AvgIpc) is 2.32. The summed E-state index contributed by atoms with van der Waals surface area (Å²) in [7, 11) is 0. The van der Waals surface area contributed by atoms with Crippen LogP contribution in [0.15, 0.2) is 45.6 Å². The molecule has 0 atom stereocenters. The summed E-state index contributed by atoms with van der Waals surface area (Å²) >= 11 is 0. The molecule has 0 unspecified atom stereocenters. The Morgan fingerprint density at radius 2 is 1.89 bits per heavy atom. The van der Waals surface area contributed by atoms with Crippen LogP contribution in [-0.2, 0) is 0 Å². The first-order valence-corrected chi connectivity index (χ1v) is 4.63. The van der Waals surface area contributed by atoms with Gasteiger partial charge in [-0.2, -0.15) is 13.2 Å². The standard InChI is InChI=1S/C11H5F3O4/c12-10(13)11(14)17-7-3-2-6(15)5-1-4-8(16)18-9(5)7/h1-4,15H. The van der Waals surface area contributed by atoms with Crippen molar-refractivity contribution < 1.29 is 27.4 Å². The van der Waals surface area contributed by atoms with Crippen LogP contribution in [0.3, 0.4) is 0 Å². The van der Waals surface area contributed by atoms with E-state index in [1.54, 1.807) is 0 Å². The molecule has 4 nitrogen and oxygen atoms in total. The fourth-order valence-electron chi connectivity index (χ4n) is 1.34. The Morgan fingerprint density at radius 3 is 2.56 bits per heavy atom. The first-order valence-electron chi connectivity index (χ1n) is 4.63. The highest BCUT2D eigenvalue weighted by Gasteiger charge is 2.14. The van der Waals surface area contributed by atoms with E-state index >= 15 is 0 Å². The summed E-state index contributed by atoms with van der Waals surface area (Å²) in [5, 5.41) is 9.50. The first-order chi connectivity index (χ1) is 8.49. The predicted molar refractivity (Wildman–Crippen MR) is 55.1 cm³/mol. The number of rotatable bonds is 2. The van der Waals surface area contributed by atoms with Gasteiger partial charge in [-0.05, 0) is 18.2 Å². The molecule has 7 heteroatoms. The maximum atomic E-state index is 12.7. The second kappa shape index (κ2) is 4.44. The number of hydrogen-bond acceptors (Lipinski definition) is 4. The van der Waals surface area contributed by atoms with Crippen LogP contribution in [0.5, 0.6) is 11.5 Å². The van der Waals surface area contributed by atoms with Crippen molar-refractivity contribution in [2.24, 2.45) is 0 Å². The zero-order chi connectivity index (χ0) is 13.3. The van der Waals surface area contributed by atoms with Crippen LogP contribution >= 0.6 is 0 Å². The molecule has 1 aromatic heterocycles. The van der Waals surface area contributed by atoms with Gasteiger partial charge in [0.1, 0.15) is 5.75 Å². The van der Waals surface area contributed by atoms with E-state index in [2.05, 4.69) is 9.15 Å². The Bertz CT molecular complexity index is 686. The third-order valence-electron chi connectivity index (χ3n) is 2.07. The Labute approximate surface area is 97.5 Å². The van der Waals surface area contributed by atoms with Gasteiger partial charge in [0, 0.05) is 6.07 Å². The van der Waals surface area contributed by atoms with Crippen LogP contribution in [0.25, 0.3) is 11.0 Å². The summed E-state index contributed by atoms with van der Waals surface area (Å²) < 4.78 is 45.4. The third kappa shape index (κ3) is 2.15. The summed E-state index contributed by atoms with van der Waals surface area (Å²) in [6.45, 7) is 0. The molecule has 0 saturated carbocycles. The molecular weight excluding hydrogens is 253 g/mol. The SMILES string of the molecule is O=c1ccc2c(O)ccc(OC(F)=C(F)F)c2o1. The van der Waals surface area contributed by atoms with E-state index in [-0.39, 0.29) is 16.7 Å². The van der Waals surface area contributed by atoms with Crippen LogP contribution in [-0.4, -0.2) is 5.11 Å². The normalized spacial score (nSPS) is 10.4. The maximum Gasteiger partial charge on any atom is 0.344 e. The van der Waals surface area contributed by atoms with Crippen molar-refractivity contribution in [1.29, 1.82) is 0 Å². The van der Waals surface area contributed by atoms with E-state index in [1.165, 1.54) is 6.07 Å². The van der Waals surface area contributed by atoms with Gasteiger partial charge < -0.3 is 14.3 Å². The molecule has 0 aliphatic carbocycles. The molecule has 0 amide bonds. The molecule has 1 aromatic carbocycles. The number of fused-ring (bicyclic) bond motifs is 1. The molecule has 0 spiro atoms. The van der Waals surface area contributed by atoms with Crippen molar-refractivity contribution in [3.05, 3.63) is 46.8 Å². The minimum Gasteiger partial charge on any atom is -0.507 e. The molecule has 0 bridgehead atoms. The highest BCUT2D eigenvalue weighted by atomic mass is 19.3. The topological polar surface area (TPSA) is 59.7 Å². The van der Waals surface area contributed by atoms with Gasteiger partial charge in [-0.3, -0.25) is 0 Å². The van der Waals surface area contributed by atoms with Gasteiger partial charge >= 0.3 is 17.7 Å². The second-order valence-corrected chi connectivity index (χ2v) is 3.22. The predicted octanol–water partition coefficient (Wildman–Crippen LogP) is 2.91. The van der Waals surface area contributed by atoms with Gasteiger partial charge in [0.05, 0.1) is 5.39 Å². The number of halogens is 3. The third-order valence-corrected chi connectivity index (χ3v) is 2.07. The molecule has 1 heterocycles. The molecule has 0 fully saturated rings. The van der Waals surface area contributed by atoms with E-state index in [0.29, 0.717) is 0 Å². The number of aromatic hydroxyl groups is 1. The molecule has 2 aromatic rings. The van der Waals surface area contributed by atoms with E-state index in [0.717, 1.165) is 18.2 Å².